The Morgan fingerprint density at radius 2 is 1.83 bits per heavy atom. The molecule has 0 N–H and O–H groups in total. The van der Waals surface area contributed by atoms with Gasteiger partial charge in [0.05, 0.1) is 23.9 Å². The molecule has 2 aliphatic heterocycles. The van der Waals surface area contributed by atoms with Crippen molar-refractivity contribution in [2.24, 2.45) is 5.92 Å². The average Bonchev–Trinajstić information content (AvgIpc) is 2.74. The lowest BCUT2D eigenvalue weighted by atomic mass is 9.96. The zero-order valence-electron chi connectivity index (χ0n) is 16.9. The van der Waals surface area contributed by atoms with Gasteiger partial charge in [0.25, 0.3) is 11.5 Å². The topological polar surface area (TPSA) is 81.5 Å². The number of rotatable bonds is 2. The van der Waals surface area contributed by atoms with E-state index in [2.05, 4.69) is 0 Å². The molecule has 0 bridgehead atoms. The van der Waals surface area contributed by atoms with Crippen molar-refractivity contribution >= 4 is 22.8 Å². The Morgan fingerprint density at radius 1 is 1.07 bits per heavy atom. The van der Waals surface area contributed by atoms with Crippen LogP contribution in [-0.2, 0) is 22.5 Å². The summed E-state index contributed by atoms with van der Waals surface area (Å²) < 4.78 is 6.62. The molecule has 1 aromatic carbocycles. The van der Waals surface area contributed by atoms with Crippen molar-refractivity contribution in [2.75, 3.05) is 20.2 Å². The molecule has 3 heterocycles. The lowest BCUT2D eigenvalue weighted by Crippen LogP contribution is -2.40. The van der Waals surface area contributed by atoms with E-state index < -0.39 is 0 Å². The summed E-state index contributed by atoms with van der Waals surface area (Å²) in [7, 11) is 1.40. The van der Waals surface area contributed by atoms with Gasteiger partial charge in [0.2, 0.25) is 0 Å². The van der Waals surface area contributed by atoms with Gasteiger partial charge in [-0.05, 0) is 43.9 Å². The van der Waals surface area contributed by atoms with Crippen LogP contribution < -0.4 is 5.56 Å². The van der Waals surface area contributed by atoms with Gasteiger partial charge >= 0.3 is 5.97 Å². The van der Waals surface area contributed by atoms with Gasteiger partial charge in [0.1, 0.15) is 5.82 Å². The second kappa shape index (κ2) is 8.35. The Kier molecular flexibility index (Phi) is 5.65. The van der Waals surface area contributed by atoms with E-state index in [1.807, 2.05) is 0 Å². The fraction of sp³-hybridized carbons (Fsp3) is 0.545. The summed E-state index contributed by atoms with van der Waals surface area (Å²) in [5, 5.41) is 0.565. The lowest BCUT2D eigenvalue weighted by molar-refractivity contribution is -0.146. The maximum atomic E-state index is 13.0. The first kappa shape index (κ1) is 19.6. The Balaban J connectivity index is 1.59. The van der Waals surface area contributed by atoms with Crippen LogP contribution >= 0.6 is 0 Å². The number of nitrogens with zero attached hydrogens (tertiary/aromatic N) is 3. The lowest BCUT2D eigenvalue weighted by Gasteiger charge is -2.30. The second-order valence-corrected chi connectivity index (χ2v) is 7.97. The molecule has 1 amide bonds. The monoisotopic (exact) mass is 397 g/mol. The van der Waals surface area contributed by atoms with Gasteiger partial charge in [-0.25, -0.2) is 4.98 Å². The highest BCUT2D eigenvalue weighted by Crippen LogP contribution is 2.22. The normalized spacial score (nSPS) is 18.0. The van der Waals surface area contributed by atoms with Crippen molar-refractivity contribution in [3.8, 4) is 0 Å². The van der Waals surface area contributed by atoms with Crippen LogP contribution in [0.5, 0.6) is 0 Å². The van der Waals surface area contributed by atoms with E-state index in [9.17, 15) is 14.4 Å². The maximum Gasteiger partial charge on any atom is 0.308 e. The predicted molar refractivity (Wildman–Crippen MR) is 109 cm³/mol. The average molecular weight is 397 g/mol. The molecule has 0 spiro atoms. The van der Waals surface area contributed by atoms with E-state index in [4.69, 9.17) is 9.72 Å². The van der Waals surface area contributed by atoms with Crippen molar-refractivity contribution < 1.29 is 14.3 Å². The number of hydrogen-bond donors (Lipinski definition) is 0. The van der Waals surface area contributed by atoms with E-state index in [1.54, 1.807) is 27.7 Å². The summed E-state index contributed by atoms with van der Waals surface area (Å²) in [4.78, 5) is 44.1. The molecule has 0 unspecified atom stereocenters. The molecule has 154 valence electrons. The Morgan fingerprint density at radius 3 is 2.59 bits per heavy atom. The largest absolute Gasteiger partial charge is 0.469 e. The van der Waals surface area contributed by atoms with Crippen molar-refractivity contribution in [1.82, 2.24) is 14.5 Å². The molecular weight excluding hydrogens is 370 g/mol. The number of carbonyl (C=O) groups is 2. The Bertz CT molecular complexity index is 989. The molecule has 1 saturated heterocycles. The summed E-state index contributed by atoms with van der Waals surface area (Å²) >= 11 is 0. The smallest absolute Gasteiger partial charge is 0.308 e. The third-order valence-corrected chi connectivity index (χ3v) is 6.13. The van der Waals surface area contributed by atoms with Gasteiger partial charge in [0.15, 0.2) is 0 Å². The summed E-state index contributed by atoms with van der Waals surface area (Å²) in [5.74, 6) is 0.403. The number of methoxy groups -OCH3 is 1. The molecule has 0 atom stereocenters. The van der Waals surface area contributed by atoms with Gasteiger partial charge in [0, 0.05) is 31.6 Å². The fourth-order valence-corrected chi connectivity index (χ4v) is 4.40. The van der Waals surface area contributed by atoms with Gasteiger partial charge in [-0.15, -0.1) is 0 Å². The molecule has 2 aliphatic rings. The minimum Gasteiger partial charge on any atom is -0.469 e. The summed E-state index contributed by atoms with van der Waals surface area (Å²) in [6.07, 6.45) is 6.35. The van der Waals surface area contributed by atoms with E-state index in [0.29, 0.717) is 48.9 Å². The number of aryl methyl sites for hydroxylation is 1. The molecule has 0 radical (unpaired) electrons. The quantitative estimate of drug-likeness (QED) is 0.728. The van der Waals surface area contributed by atoms with Crippen LogP contribution in [0.4, 0.5) is 0 Å². The number of carbonyl (C=O) groups excluding carboxylic acids is 2. The highest BCUT2D eigenvalue weighted by molar-refractivity contribution is 5.97. The zero-order chi connectivity index (χ0) is 20.4. The van der Waals surface area contributed by atoms with Crippen molar-refractivity contribution in [2.45, 2.75) is 51.5 Å². The molecule has 2 aromatic rings. The van der Waals surface area contributed by atoms with E-state index in [0.717, 1.165) is 37.9 Å². The number of likely N-dealkylation sites (tertiary alicyclic amines) is 1. The summed E-state index contributed by atoms with van der Waals surface area (Å²) in [6.45, 7) is 1.76. The number of piperidine rings is 1. The highest BCUT2D eigenvalue weighted by atomic mass is 16.5. The van der Waals surface area contributed by atoms with Gasteiger partial charge in [-0.1, -0.05) is 12.8 Å². The van der Waals surface area contributed by atoms with Crippen LogP contribution in [0.15, 0.2) is 23.0 Å². The molecule has 7 heteroatoms. The zero-order valence-corrected chi connectivity index (χ0v) is 16.9. The third-order valence-electron chi connectivity index (χ3n) is 6.13. The van der Waals surface area contributed by atoms with Gasteiger partial charge < -0.3 is 9.64 Å². The van der Waals surface area contributed by atoms with Crippen molar-refractivity contribution in [1.29, 1.82) is 0 Å². The van der Waals surface area contributed by atoms with Crippen LogP contribution in [0.25, 0.3) is 10.9 Å². The van der Waals surface area contributed by atoms with Crippen molar-refractivity contribution in [3.05, 3.63) is 39.9 Å². The molecule has 1 fully saturated rings. The first-order chi connectivity index (χ1) is 14.1. The maximum absolute atomic E-state index is 13.0. The molecule has 7 nitrogen and oxygen atoms in total. The SMILES string of the molecule is COC(=O)C1CCN(C(=O)c2ccc3c(=O)n4c(nc3c2)CCCCCC4)CC1. The Hall–Kier alpha value is -2.70. The molecule has 0 saturated carbocycles. The van der Waals surface area contributed by atoms with Crippen LogP contribution in [0, 0.1) is 5.92 Å². The Labute approximate surface area is 169 Å². The number of esters is 1. The first-order valence-corrected chi connectivity index (χ1v) is 10.5. The number of fused-ring (bicyclic) bond motifs is 2. The van der Waals surface area contributed by atoms with E-state index in [-0.39, 0.29) is 23.4 Å². The minimum atomic E-state index is -0.205. The number of aromatic nitrogens is 2. The van der Waals surface area contributed by atoms with Crippen molar-refractivity contribution in [3.63, 3.8) is 0 Å². The summed E-state index contributed by atoms with van der Waals surface area (Å²) in [6, 6.07) is 5.19. The van der Waals surface area contributed by atoms with Crippen LogP contribution in [-0.4, -0.2) is 46.5 Å². The fourth-order valence-electron chi connectivity index (χ4n) is 4.40. The third kappa shape index (κ3) is 3.91. The van der Waals surface area contributed by atoms with Gasteiger partial charge in [-0.3, -0.25) is 19.0 Å². The molecule has 4 rings (SSSR count). The van der Waals surface area contributed by atoms with E-state index >= 15 is 0 Å². The predicted octanol–water partition coefficient (Wildman–Crippen LogP) is 2.54. The van der Waals surface area contributed by atoms with Gasteiger partial charge in [-0.2, -0.15) is 0 Å². The second-order valence-electron chi connectivity index (χ2n) is 7.97. The van der Waals surface area contributed by atoms with E-state index in [1.165, 1.54) is 7.11 Å². The number of benzene rings is 1. The number of amides is 1. The molecule has 29 heavy (non-hydrogen) atoms. The first-order valence-electron chi connectivity index (χ1n) is 10.5. The van der Waals surface area contributed by atoms with Crippen LogP contribution in [0.2, 0.25) is 0 Å². The number of ether oxygens (including phenoxy) is 1. The van der Waals surface area contributed by atoms with Crippen LogP contribution in [0.3, 0.4) is 0 Å². The standard InChI is InChI=1S/C22H27N3O4/c1-29-22(28)15-9-12-24(13-10-15)20(26)16-7-8-17-18(14-16)23-19-6-4-2-3-5-11-25(19)21(17)27/h7-8,14-15H,2-6,9-13H2,1H3. The summed E-state index contributed by atoms with van der Waals surface area (Å²) in [5.41, 5.74) is 1.12. The van der Waals surface area contributed by atoms with Crippen LogP contribution in [0.1, 0.15) is 54.7 Å². The highest BCUT2D eigenvalue weighted by Gasteiger charge is 2.28. The molecular formula is C22H27N3O4. The minimum absolute atomic E-state index is 0.00945. The molecule has 1 aromatic heterocycles. The number of hydrogen-bond acceptors (Lipinski definition) is 5. The molecule has 0 aliphatic carbocycles.